The Kier molecular flexibility index (Phi) is 4.91. The van der Waals surface area contributed by atoms with Crippen LogP contribution in [0.5, 0.6) is 0 Å². The molecule has 0 saturated heterocycles. The molecule has 2 aromatic rings. The summed E-state index contributed by atoms with van der Waals surface area (Å²) in [7, 11) is 0. The van der Waals surface area contributed by atoms with Crippen LogP contribution in [0.4, 0.5) is 10.7 Å². The average Bonchev–Trinajstić information content (AvgIpc) is 3.09. The van der Waals surface area contributed by atoms with Crippen LogP contribution in [0, 0.1) is 0 Å². The zero-order valence-electron chi connectivity index (χ0n) is 13.2. The van der Waals surface area contributed by atoms with Crippen molar-refractivity contribution in [3.63, 3.8) is 0 Å². The highest BCUT2D eigenvalue weighted by Crippen LogP contribution is 2.38. The zero-order chi connectivity index (χ0) is 17.3. The van der Waals surface area contributed by atoms with Crippen LogP contribution < -0.4 is 16.4 Å². The molecule has 5 nitrogen and oxygen atoms in total. The van der Waals surface area contributed by atoms with E-state index in [0.717, 1.165) is 39.9 Å². The van der Waals surface area contributed by atoms with Gasteiger partial charge in [-0.25, -0.2) is 0 Å². The number of benzene rings is 1. The van der Waals surface area contributed by atoms with Crippen molar-refractivity contribution in [1.82, 2.24) is 0 Å². The van der Waals surface area contributed by atoms with Gasteiger partial charge in [0.05, 0.1) is 5.56 Å². The second kappa shape index (κ2) is 6.94. The second-order valence-electron chi connectivity index (χ2n) is 5.79. The van der Waals surface area contributed by atoms with Crippen LogP contribution in [0.2, 0.25) is 0 Å². The Morgan fingerprint density at radius 3 is 2.62 bits per heavy atom. The van der Waals surface area contributed by atoms with Crippen LogP contribution >= 0.6 is 27.3 Å². The predicted octanol–water partition coefficient (Wildman–Crippen LogP) is 3.54. The number of halogens is 1. The van der Waals surface area contributed by atoms with Crippen LogP contribution in [0.3, 0.4) is 0 Å². The summed E-state index contributed by atoms with van der Waals surface area (Å²) in [4.78, 5) is 25.4. The van der Waals surface area contributed by atoms with E-state index >= 15 is 0 Å². The van der Waals surface area contributed by atoms with Crippen LogP contribution in [0.15, 0.2) is 28.7 Å². The van der Waals surface area contributed by atoms with Crippen LogP contribution in [0.1, 0.15) is 34.1 Å². The lowest BCUT2D eigenvalue weighted by Crippen LogP contribution is -2.32. The van der Waals surface area contributed by atoms with Gasteiger partial charge in [0.25, 0.3) is 5.91 Å². The molecule has 3 rings (SSSR count). The fourth-order valence-electron chi connectivity index (χ4n) is 2.83. The third-order valence-electron chi connectivity index (χ3n) is 4.03. The average molecular weight is 408 g/mol. The smallest absolute Gasteiger partial charge is 0.251 e. The van der Waals surface area contributed by atoms with Crippen LogP contribution in [0.25, 0.3) is 0 Å². The number of anilines is 2. The Morgan fingerprint density at radius 2 is 1.96 bits per heavy atom. The summed E-state index contributed by atoms with van der Waals surface area (Å²) in [6, 6.07) is 7.15. The van der Waals surface area contributed by atoms with Crippen molar-refractivity contribution in [3.8, 4) is 0 Å². The van der Waals surface area contributed by atoms with E-state index in [-0.39, 0.29) is 5.91 Å². The van der Waals surface area contributed by atoms with E-state index in [1.165, 1.54) is 11.3 Å². The molecule has 1 aliphatic carbocycles. The highest BCUT2D eigenvalue weighted by atomic mass is 79.9. The molecule has 0 radical (unpaired) electrons. The van der Waals surface area contributed by atoms with E-state index in [9.17, 15) is 9.59 Å². The minimum Gasteiger partial charge on any atom is -0.374 e. The molecule has 0 aliphatic heterocycles. The van der Waals surface area contributed by atoms with Crippen molar-refractivity contribution in [2.45, 2.75) is 32.2 Å². The van der Waals surface area contributed by atoms with Crippen molar-refractivity contribution in [3.05, 3.63) is 44.7 Å². The summed E-state index contributed by atoms with van der Waals surface area (Å²) >= 11 is 4.84. The maximum Gasteiger partial charge on any atom is 0.251 e. The first-order valence-electron chi connectivity index (χ1n) is 7.73. The van der Waals surface area contributed by atoms with Crippen molar-refractivity contribution in [1.29, 1.82) is 0 Å². The molecule has 4 N–H and O–H groups in total. The Hall–Kier alpha value is -1.86. The summed E-state index contributed by atoms with van der Waals surface area (Å²) in [5, 5.41) is 6.57. The predicted molar refractivity (Wildman–Crippen MR) is 101 cm³/mol. The van der Waals surface area contributed by atoms with Gasteiger partial charge < -0.3 is 16.4 Å². The lowest BCUT2D eigenvalue weighted by Gasteiger charge is -2.15. The van der Waals surface area contributed by atoms with Gasteiger partial charge in [-0.2, -0.15) is 0 Å². The number of hydrogen-bond donors (Lipinski definition) is 3. The maximum atomic E-state index is 12.5. The number of thiophene rings is 1. The maximum absolute atomic E-state index is 12.5. The van der Waals surface area contributed by atoms with Crippen LogP contribution in [-0.4, -0.2) is 17.9 Å². The standard InChI is InChI=1S/C17H18BrN3O2S/c1-9(20-11-7-5-10(18)6-8-11)16(23)21-17-14(15(19)22)12-3-2-4-13(12)24-17/h5-9,20H,2-4H2,1H3,(H2,19,22)(H,21,23)/t9-/m0/s1. The summed E-state index contributed by atoms with van der Waals surface area (Å²) in [5.41, 5.74) is 7.86. The second-order valence-corrected chi connectivity index (χ2v) is 7.81. The molecule has 0 fully saturated rings. The van der Waals surface area contributed by atoms with Gasteiger partial charge in [-0.1, -0.05) is 15.9 Å². The third-order valence-corrected chi connectivity index (χ3v) is 5.76. The molecular weight excluding hydrogens is 390 g/mol. The number of fused-ring (bicyclic) bond motifs is 1. The number of aryl methyl sites for hydroxylation is 1. The highest BCUT2D eigenvalue weighted by molar-refractivity contribution is 9.10. The molecule has 7 heteroatoms. The molecule has 126 valence electrons. The molecule has 0 spiro atoms. The topological polar surface area (TPSA) is 84.2 Å². The van der Waals surface area contributed by atoms with Crippen LogP contribution in [-0.2, 0) is 17.6 Å². The lowest BCUT2D eigenvalue weighted by molar-refractivity contribution is -0.116. The van der Waals surface area contributed by atoms with Gasteiger partial charge in [-0.05, 0) is 56.0 Å². The van der Waals surface area contributed by atoms with Gasteiger partial charge in [0.1, 0.15) is 11.0 Å². The number of amides is 2. The number of carbonyl (C=O) groups excluding carboxylic acids is 2. The normalized spacial score (nSPS) is 14.1. The van der Waals surface area contributed by atoms with Crippen molar-refractivity contribution in [2.75, 3.05) is 10.6 Å². The molecule has 0 unspecified atom stereocenters. The number of carbonyl (C=O) groups is 2. The van der Waals surface area contributed by atoms with E-state index in [4.69, 9.17) is 5.73 Å². The number of nitrogens with two attached hydrogens (primary N) is 1. The molecule has 1 aromatic heterocycles. The summed E-state index contributed by atoms with van der Waals surface area (Å²) in [6.45, 7) is 1.78. The SMILES string of the molecule is C[C@H](Nc1ccc(Br)cc1)C(=O)Nc1sc2c(c1C(N)=O)CCC2. The minimum atomic E-state index is -0.474. The Bertz CT molecular complexity index is 786. The molecule has 0 saturated carbocycles. The first-order valence-corrected chi connectivity index (χ1v) is 9.34. The number of hydrogen-bond acceptors (Lipinski definition) is 4. The fourth-order valence-corrected chi connectivity index (χ4v) is 4.40. The number of rotatable bonds is 5. The van der Waals surface area contributed by atoms with Gasteiger partial charge in [0, 0.05) is 15.0 Å². The number of nitrogens with one attached hydrogen (secondary N) is 2. The van der Waals surface area contributed by atoms with Crippen molar-refractivity contribution < 1.29 is 9.59 Å². The molecule has 1 heterocycles. The van der Waals surface area contributed by atoms with Crippen molar-refractivity contribution in [2.24, 2.45) is 5.73 Å². The quantitative estimate of drug-likeness (QED) is 0.708. The largest absolute Gasteiger partial charge is 0.374 e. The van der Waals surface area contributed by atoms with E-state index in [0.29, 0.717) is 10.6 Å². The Morgan fingerprint density at radius 1 is 1.25 bits per heavy atom. The molecular formula is C17H18BrN3O2S. The first-order chi connectivity index (χ1) is 11.5. The first kappa shape index (κ1) is 17.0. The lowest BCUT2D eigenvalue weighted by atomic mass is 10.1. The summed E-state index contributed by atoms with van der Waals surface area (Å²) in [5.74, 6) is -0.668. The highest BCUT2D eigenvalue weighted by Gasteiger charge is 2.27. The third kappa shape index (κ3) is 3.47. The van der Waals surface area contributed by atoms with Gasteiger partial charge in [0.15, 0.2) is 0 Å². The zero-order valence-corrected chi connectivity index (χ0v) is 15.6. The Balaban J connectivity index is 1.72. The Labute approximate surface area is 152 Å². The monoisotopic (exact) mass is 407 g/mol. The number of primary amides is 1. The molecule has 2 amide bonds. The summed E-state index contributed by atoms with van der Waals surface area (Å²) < 4.78 is 0.976. The van der Waals surface area contributed by atoms with E-state index in [2.05, 4.69) is 26.6 Å². The molecule has 1 aliphatic rings. The molecule has 0 bridgehead atoms. The van der Waals surface area contributed by atoms with Gasteiger partial charge in [0.2, 0.25) is 5.91 Å². The van der Waals surface area contributed by atoms with E-state index < -0.39 is 11.9 Å². The molecule has 1 atom stereocenters. The minimum absolute atomic E-state index is 0.194. The van der Waals surface area contributed by atoms with Gasteiger partial charge in [-0.15, -0.1) is 11.3 Å². The van der Waals surface area contributed by atoms with Gasteiger partial charge >= 0.3 is 0 Å². The van der Waals surface area contributed by atoms with E-state index in [1.807, 2.05) is 24.3 Å². The summed E-state index contributed by atoms with van der Waals surface area (Å²) in [6.07, 6.45) is 2.84. The molecule has 1 aromatic carbocycles. The van der Waals surface area contributed by atoms with E-state index in [1.54, 1.807) is 6.92 Å². The molecule has 24 heavy (non-hydrogen) atoms. The van der Waals surface area contributed by atoms with Crippen molar-refractivity contribution >= 4 is 49.8 Å². The fraction of sp³-hybridized carbons (Fsp3) is 0.294. The van der Waals surface area contributed by atoms with Gasteiger partial charge in [-0.3, -0.25) is 9.59 Å².